The van der Waals surface area contributed by atoms with E-state index in [1.807, 2.05) is 6.07 Å². The molecule has 1 fully saturated rings. The van der Waals surface area contributed by atoms with Crippen molar-refractivity contribution < 1.29 is 4.74 Å². The monoisotopic (exact) mass is 217 g/mol. The van der Waals surface area contributed by atoms with E-state index >= 15 is 0 Å². The molecule has 0 aromatic carbocycles. The van der Waals surface area contributed by atoms with Gasteiger partial charge in [0.15, 0.2) is 0 Å². The minimum atomic E-state index is 0.0372. The minimum Gasteiger partial charge on any atom is -0.473 e. The van der Waals surface area contributed by atoms with Crippen molar-refractivity contribution >= 4 is 0 Å². The van der Waals surface area contributed by atoms with Crippen LogP contribution in [0.1, 0.15) is 31.4 Å². The summed E-state index contributed by atoms with van der Waals surface area (Å²) in [5.74, 6) is 0.501. The SMILES string of the molecule is N#Cc1cccc(OC2CCCCC2N)n1. The Labute approximate surface area is 95.0 Å². The highest BCUT2D eigenvalue weighted by Gasteiger charge is 2.23. The second-order valence-corrected chi connectivity index (χ2v) is 4.08. The molecule has 0 spiro atoms. The first-order valence-corrected chi connectivity index (χ1v) is 5.59. The molecule has 2 N–H and O–H groups in total. The normalized spacial score (nSPS) is 24.8. The topological polar surface area (TPSA) is 71.9 Å². The first-order chi connectivity index (χ1) is 7.79. The van der Waals surface area contributed by atoms with E-state index in [1.165, 1.54) is 6.42 Å². The summed E-state index contributed by atoms with van der Waals surface area (Å²) in [5, 5.41) is 8.73. The lowest BCUT2D eigenvalue weighted by molar-refractivity contribution is 0.126. The van der Waals surface area contributed by atoms with Crippen molar-refractivity contribution in [1.29, 1.82) is 5.26 Å². The molecule has 16 heavy (non-hydrogen) atoms. The maximum atomic E-state index is 8.73. The van der Waals surface area contributed by atoms with E-state index in [0.717, 1.165) is 19.3 Å². The average Bonchev–Trinajstić information content (AvgIpc) is 2.32. The van der Waals surface area contributed by atoms with Crippen LogP contribution >= 0.6 is 0 Å². The molecule has 0 saturated heterocycles. The van der Waals surface area contributed by atoms with Crippen molar-refractivity contribution in [2.45, 2.75) is 37.8 Å². The average molecular weight is 217 g/mol. The zero-order chi connectivity index (χ0) is 11.4. The maximum Gasteiger partial charge on any atom is 0.214 e. The van der Waals surface area contributed by atoms with Crippen molar-refractivity contribution in [3.63, 3.8) is 0 Å². The number of pyridine rings is 1. The molecule has 1 aliphatic carbocycles. The van der Waals surface area contributed by atoms with E-state index in [-0.39, 0.29) is 12.1 Å². The van der Waals surface area contributed by atoms with Crippen LogP contribution < -0.4 is 10.5 Å². The smallest absolute Gasteiger partial charge is 0.214 e. The highest BCUT2D eigenvalue weighted by molar-refractivity contribution is 5.24. The lowest BCUT2D eigenvalue weighted by atomic mass is 9.93. The Balaban J connectivity index is 2.05. The molecule has 1 heterocycles. The Bertz CT molecular complexity index is 399. The van der Waals surface area contributed by atoms with E-state index in [2.05, 4.69) is 4.98 Å². The number of nitrogens with two attached hydrogens (primary N) is 1. The standard InChI is InChI=1S/C12H15N3O/c13-8-9-4-3-7-12(15-9)16-11-6-2-1-5-10(11)14/h3-4,7,10-11H,1-2,5-6,14H2. The molecule has 2 rings (SSSR count). The summed E-state index contributed by atoms with van der Waals surface area (Å²) in [6.45, 7) is 0. The number of ether oxygens (including phenoxy) is 1. The summed E-state index contributed by atoms with van der Waals surface area (Å²) in [6, 6.07) is 7.28. The molecule has 1 aliphatic rings. The quantitative estimate of drug-likeness (QED) is 0.816. The predicted octanol–water partition coefficient (Wildman–Crippen LogP) is 1.60. The molecule has 0 radical (unpaired) electrons. The molecule has 2 unspecified atom stereocenters. The molecule has 0 aliphatic heterocycles. The van der Waals surface area contributed by atoms with Gasteiger partial charge in [0.25, 0.3) is 0 Å². The van der Waals surface area contributed by atoms with Crippen LogP contribution in [0.4, 0.5) is 0 Å². The summed E-state index contributed by atoms with van der Waals surface area (Å²) in [7, 11) is 0. The van der Waals surface area contributed by atoms with Gasteiger partial charge >= 0.3 is 0 Å². The summed E-state index contributed by atoms with van der Waals surface area (Å²) in [4.78, 5) is 4.08. The zero-order valence-corrected chi connectivity index (χ0v) is 9.10. The Morgan fingerprint density at radius 2 is 2.19 bits per heavy atom. The van der Waals surface area contributed by atoms with Crippen molar-refractivity contribution in [3.8, 4) is 11.9 Å². The van der Waals surface area contributed by atoms with E-state index < -0.39 is 0 Å². The van der Waals surface area contributed by atoms with Gasteiger partial charge in [0.2, 0.25) is 5.88 Å². The fraction of sp³-hybridized carbons (Fsp3) is 0.500. The predicted molar refractivity (Wildman–Crippen MR) is 59.8 cm³/mol. The fourth-order valence-corrected chi connectivity index (χ4v) is 1.97. The van der Waals surface area contributed by atoms with Crippen LogP contribution in [0.15, 0.2) is 18.2 Å². The lowest BCUT2D eigenvalue weighted by Crippen LogP contribution is -2.41. The molecule has 0 bridgehead atoms. The third kappa shape index (κ3) is 2.50. The van der Waals surface area contributed by atoms with Gasteiger partial charge in [0, 0.05) is 12.1 Å². The van der Waals surface area contributed by atoms with Gasteiger partial charge in [-0.1, -0.05) is 12.5 Å². The van der Waals surface area contributed by atoms with Gasteiger partial charge in [-0.3, -0.25) is 0 Å². The zero-order valence-electron chi connectivity index (χ0n) is 9.10. The summed E-state index contributed by atoms with van der Waals surface area (Å²) in [6.07, 6.45) is 4.33. The van der Waals surface area contributed by atoms with Crippen LogP contribution in [0, 0.1) is 11.3 Å². The lowest BCUT2D eigenvalue weighted by Gasteiger charge is -2.28. The third-order valence-electron chi connectivity index (χ3n) is 2.86. The highest BCUT2D eigenvalue weighted by Crippen LogP contribution is 2.21. The molecule has 1 aromatic heterocycles. The summed E-state index contributed by atoms with van der Waals surface area (Å²) < 4.78 is 5.72. The second kappa shape index (κ2) is 4.95. The van der Waals surface area contributed by atoms with Gasteiger partial charge in [-0.05, 0) is 25.3 Å². The molecule has 4 heteroatoms. The van der Waals surface area contributed by atoms with Gasteiger partial charge in [-0.15, -0.1) is 0 Å². The molecule has 4 nitrogen and oxygen atoms in total. The molecule has 0 amide bonds. The minimum absolute atomic E-state index is 0.0372. The maximum absolute atomic E-state index is 8.73. The van der Waals surface area contributed by atoms with E-state index in [1.54, 1.807) is 18.2 Å². The largest absolute Gasteiger partial charge is 0.473 e. The Kier molecular flexibility index (Phi) is 3.37. The van der Waals surface area contributed by atoms with Gasteiger partial charge in [-0.2, -0.15) is 5.26 Å². The summed E-state index contributed by atoms with van der Waals surface area (Å²) >= 11 is 0. The van der Waals surface area contributed by atoms with Gasteiger partial charge in [0.05, 0.1) is 0 Å². The molecular weight excluding hydrogens is 202 g/mol. The first-order valence-electron chi connectivity index (χ1n) is 5.59. The Morgan fingerprint density at radius 1 is 1.38 bits per heavy atom. The van der Waals surface area contributed by atoms with Crippen molar-refractivity contribution in [2.24, 2.45) is 5.73 Å². The van der Waals surface area contributed by atoms with Gasteiger partial charge in [-0.25, -0.2) is 4.98 Å². The van der Waals surface area contributed by atoms with Crippen molar-refractivity contribution in [1.82, 2.24) is 4.98 Å². The van der Waals surface area contributed by atoms with Gasteiger partial charge in [0.1, 0.15) is 17.9 Å². The number of aromatic nitrogens is 1. The van der Waals surface area contributed by atoms with Crippen molar-refractivity contribution in [2.75, 3.05) is 0 Å². The first kappa shape index (κ1) is 10.9. The Morgan fingerprint density at radius 3 is 2.94 bits per heavy atom. The van der Waals surface area contributed by atoms with Crippen LogP contribution in [0.25, 0.3) is 0 Å². The van der Waals surface area contributed by atoms with Crippen LogP contribution in [0.3, 0.4) is 0 Å². The number of nitrogens with zero attached hydrogens (tertiary/aromatic N) is 2. The molecule has 1 aromatic rings. The number of hydrogen-bond donors (Lipinski definition) is 1. The van der Waals surface area contributed by atoms with Crippen molar-refractivity contribution in [3.05, 3.63) is 23.9 Å². The molecule has 2 atom stereocenters. The molecule has 84 valence electrons. The van der Waals surface area contributed by atoms with Crippen LogP contribution in [0.2, 0.25) is 0 Å². The third-order valence-corrected chi connectivity index (χ3v) is 2.86. The number of nitriles is 1. The van der Waals surface area contributed by atoms with E-state index in [4.69, 9.17) is 15.7 Å². The number of rotatable bonds is 2. The second-order valence-electron chi connectivity index (χ2n) is 4.08. The van der Waals surface area contributed by atoms with E-state index in [0.29, 0.717) is 11.6 Å². The van der Waals surface area contributed by atoms with Gasteiger partial charge < -0.3 is 10.5 Å². The molecular formula is C12H15N3O. The fourth-order valence-electron chi connectivity index (χ4n) is 1.97. The van der Waals surface area contributed by atoms with Crippen LogP contribution in [-0.2, 0) is 0 Å². The molecule has 1 saturated carbocycles. The highest BCUT2D eigenvalue weighted by atomic mass is 16.5. The van der Waals surface area contributed by atoms with Crippen LogP contribution in [0.5, 0.6) is 5.88 Å². The summed E-state index contributed by atoms with van der Waals surface area (Å²) in [5.41, 5.74) is 6.36. The Hall–Kier alpha value is -1.60. The number of hydrogen-bond acceptors (Lipinski definition) is 4. The van der Waals surface area contributed by atoms with Crippen LogP contribution in [-0.4, -0.2) is 17.1 Å². The van der Waals surface area contributed by atoms with E-state index in [9.17, 15) is 0 Å².